The Labute approximate surface area is 183 Å². The first-order valence-corrected chi connectivity index (χ1v) is 11.5. The fraction of sp³-hybridized carbons (Fsp3) is 0.522. The summed E-state index contributed by atoms with van der Waals surface area (Å²) in [7, 11) is 1.68. The summed E-state index contributed by atoms with van der Waals surface area (Å²) < 4.78 is 5.01. The van der Waals surface area contributed by atoms with Crippen LogP contribution in [0.4, 0.5) is 5.82 Å². The first-order chi connectivity index (χ1) is 14.6. The maximum absolute atomic E-state index is 12.3. The van der Waals surface area contributed by atoms with E-state index in [1.165, 1.54) is 10.5 Å². The molecule has 0 unspecified atom stereocenters. The number of amides is 1. The third-order valence-electron chi connectivity index (χ3n) is 5.41. The largest absolute Gasteiger partial charge is 0.385 e. The highest BCUT2D eigenvalue weighted by molar-refractivity contribution is 7.99. The van der Waals surface area contributed by atoms with Crippen molar-refractivity contribution < 1.29 is 9.53 Å². The number of hydrogen-bond donors (Lipinski definition) is 1. The van der Waals surface area contributed by atoms with Crippen molar-refractivity contribution in [1.82, 2.24) is 15.5 Å². The van der Waals surface area contributed by atoms with Crippen molar-refractivity contribution in [3.8, 4) is 0 Å². The second-order valence-electron chi connectivity index (χ2n) is 7.95. The van der Waals surface area contributed by atoms with Gasteiger partial charge in [-0.15, -0.1) is 10.2 Å². The molecule has 1 aromatic carbocycles. The molecule has 6 nitrogen and oxygen atoms in total. The van der Waals surface area contributed by atoms with E-state index < -0.39 is 0 Å². The maximum Gasteiger partial charge on any atom is 0.223 e. The molecule has 1 fully saturated rings. The number of carbonyl (C=O) groups is 1. The number of benzene rings is 1. The quantitative estimate of drug-likeness (QED) is 0.606. The van der Waals surface area contributed by atoms with Crippen molar-refractivity contribution in [3.05, 3.63) is 42.0 Å². The van der Waals surface area contributed by atoms with Crippen LogP contribution in [0.25, 0.3) is 0 Å². The topological polar surface area (TPSA) is 67.3 Å². The minimum atomic E-state index is 0.0837. The van der Waals surface area contributed by atoms with Crippen LogP contribution in [0.2, 0.25) is 0 Å². The van der Waals surface area contributed by atoms with Crippen molar-refractivity contribution in [2.75, 3.05) is 38.3 Å². The molecule has 1 saturated heterocycles. The number of anilines is 1. The van der Waals surface area contributed by atoms with Gasteiger partial charge in [0.25, 0.3) is 0 Å². The van der Waals surface area contributed by atoms with Gasteiger partial charge in [-0.1, -0.05) is 37.7 Å². The van der Waals surface area contributed by atoms with Crippen LogP contribution < -0.4 is 10.2 Å². The minimum Gasteiger partial charge on any atom is -0.385 e. The fourth-order valence-electron chi connectivity index (χ4n) is 3.52. The summed E-state index contributed by atoms with van der Waals surface area (Å²) in [6.45, 7) is 7.41. The number of aromatic nitrogens is 2. The van der Waals surface area contributed by atoms with Gasteiger partial charge in [0.15, 0.2) is 5.82 Å². The third kappa shape index (κ3) is 6.44. The standard InChI is InChI=1S/C23H32N4O2S/c1-17(2)18-5-7-20(8-6-18)30-22-10-9-21(25-26-22)27-14-11-19(12-15-27)23(28)24-13-4-16-29-3/h5-10,17,19H,4,11-16H2,1-3H3,(H,24,28). The Kier molecular flexibility index (Phi) is 8.51. The van der Waals surface area contributed by atoms with E-state index in [-0.39, 0.29) is 11.8 Å². The van der Waals surface area contributed by atoms with Crippen LogP contribution >= 0.6 is 11.8 Å². The second kappa shape index (κ2) is 11.3. The summed E-state index contributed by atoms with van der Waals surface area (Å²) in [4.78, 5) is 15.7. The summed E-state index contributed by atoms with van der Waals surface area (Å²) >= 11 is 1.62. The van der Waals surface area contributed by atoms with E-state index in [1.54, 1.807) is 18.9 Å². The Morgan fingerprint density at radius 3 is 2.50 bits per heavy atom. The zero-order valence-corrected chi connectivity index (χ0v) is 19.0. The molecule has 2 aromatic rings. The van der Waals surface area contributed by atoms with Crippen LogP contribution in [0.3, 0.4) is 0 Å². The smallest absolute Gasteiger partial charge is 0.223 e. The molecule has 0 radical (unpaired) electrons. The Morgan fingerprint density at radius 2 is 1.90 bits per heavy atom. The van der Waals surface area contributed by atoms with Crippen molar-refractivity contribution in [1.29, 1.82) is 0 Å². The van der Waals surface area contributed by atoms with Crippen LogP contribution in [0, 0.1) is 5.92 Å². The fourth-order valence-corrected chi connectivity index (χ4v) is 4.25. The summed E-state index contributed by atoms with van der Waals surface area (Å²) in [5.74, 6) is 1.66. The lowest BCUT2D eigenvalue weighted by Gasteiger charge is -2.31. The Balaban J connectivity index is 1.47. The monoisotopic (exact) mass is 428 g/mol. The van der Waals surface area contributed by atoms with Gasteiger partial charge in [0.2, 0.25) is 5.91 Å². The number of hydrogen-bond acceptors (Lipinski definition) is 6. The SMILES string of the molecule is COCCCNC(=O)C1CCN(c2ccc(Sc3ccc(C(C)C)cc3)nn2)CC1. The molecular formula is C23H32N4O2S. The molecule has 1 N–H and O–H groups in total. The van der Waals surface area contributed by atoms with E-state index in [0.717, 1.165) is 43.2 Å². The van der Waals surface area contributed by atoms with Gasteiger partial charge in [0.1, 0.15) is 5.03 Å². The molecule has 1 aromatic heterocycles. The summed E-state index contributed by atoms with van der Waals surface area (Å²) in [6.07, 6.45) is 2.54. The molecule has 0 atom stereocenters. The molecule has 3 rings (SSSR count). The van der Waals surface area contributed by atoms with E-state index in [1.807, 2.05) is 12.1 Å². The molecule has 0 saturated carbocycles. The van der Waals surface area contributed by atoms with E-state index in [2.05, 4.69) is 58.5 Å². The van der Waals surface area contributed by atoms with Crippen LogP contribution in [0.5, 0.6) is 0 Å². The summed E-state index contributed by atoms with van der Waals surface area (Å²) in [5, 5.41) is 12.7. The molecule has 0 bridgehead atoms. The molecule has 2 heterocycles. The second-order valence-corrected chi connectivity index (χ2v) is 9.05. The van der Waals surface area contributed by atoms with Gasteiger partial charge in [0.05, 0.1) is 0 Å². The Hall–Kier alpha value is -2.12. The predicted molar refractivity (Wildman–Crippen MR) is 121 cm³/mol. The average molecular weight is 429 g/mol. The molecule has 0 spiro atoms. The number of methoxy groups -OCH3 is 1. The summed E-state index contributed by atoms with van der Waals surface area (Å²) in [5.41, 5.74) is 1.34. The minimum absolute atomic E-state index is 0.0837. The van der Waals surface area contributed by atoms with Gasteiger partial charge < -0.3 is 15.0 Å². The first kappa shape index (κ1) is 22.6. The zero-order chi connectivity index (χ0) is 21.3. The van der Waals surface area contributed by atoms with Gasteiger partial charge >= 0.3 is 0 Å². The number of carbonyl (C=O) groups excluding carboxylic acids is 1. The number of nitrogens with zero attached hydrogens (tertiary/aromatic N) is 3. The number of ether oxygens (including phenoxy) is 1. The first-order valence-electron chi connectivity index (χ1n) is 10.7. The van der Waals surface area contributed by atoms with E-state index in [9.17, 15) is 4.79 Å². The lowest BCUT2D eigenvalue weighted by atomic mass is 9.96. The molecule has 1 aliphatic heterocycles. The molecule has 1 amide bonds. The molecule has 0 aliphatic carbocycles. The zero-order valence-electron chi connectivity index (χ0n) is 18.1. The van der Waals surface area contributed by atoms with Gasteiger partial charge in [-0.3, -0.25) is 4.79 Å². The van der Waals surface area contributed by atoms with E-state index in [0.29, 0.717) is 19.1 Å². The number of nitrogens with one attached hydrogen (secondary N) is 1. The van der Waals surface area contributed by atoms with Gasteiger partial charge in [-0.25, -0.2) is 0 Å². The molecular weight excluding hydrogens is 396 g/mol. The Bertz CT molecular complexity index is 788. The van der Waals surface area contributed by atoms with E-state index in [4.69, 9.17) is 4.74 Å². The van der Waals surface area contributed by atoms with Crippen LogP contribution in [-0.4, -0.2) is 49.5 Å². The third-order valence-corrected chi connectivity index (χ3v) is 6.34. The number of piperidine rings is 1. The predicted octanol–water partition coefficient (Wildman–Crippen LogP) is 4.12. The Morgan fingerprint density at radius 1 is 1.17 bits per heavy atom. The highest BCUT2D eigenvalue weighted by Crippen LogP contribution is 2.28. The van der Waals surface area contributed by atoms with Crippen molar-refractivity contribution in [3.63, 3.8) is 0 Å². The van der Waals surface area contributed by atoms with Crippen molar-refractivity contribution >= 4 is 23.5 Å². The molecule has 1 aliphatic rings. The number of rotatable bonds is 9. The lowest BCUT2D eigenvalue weighted by molar-refractivity contribution is -0.125. The van der Waals surface area contributed by atoms with Crippen LogP contribution in [0.1, 0.15) is 44.6 Å². The molecule has 30 heavy (non-hydrogen) atoms. The van der Waals surface area contributed by atoms with E-state index >= 15 is 0 Å². The van der Waals surface area contributed by atoms with Crippen molar-refractivity contribution in [2.45, 2.75) is 48.9 Å². The van der Waals surface area contributed by atoms with Gasteiger partial charge in [0, 0.05) is 44.2 Å². The van der Waals surface area contributed by atoms with Gasteiger partial charge in [-0.05, 0) is 55.0 Å². The average Bonchev–Trinajstić information content (AvgIpc) is 2.77. The lowest BCUT2D eigenvalue weighted by Crippen LogP contribution is -2.41. The van der Waals surface area contributed by atoms with Crippen LogP contribution in [-0.2, 0) is 9.53 Å². The molecule has 7 heteroatoms. The molecule has 162 valence electrons. The van der Waals surface area contributed by atoms with Crippen molar-refractivity contribution in [2.24, 2.45) is 5.92 Å². The summed E-state index contributed by atoms with van der Waals surface area (Å²) in [6, 6.07) is 12.7. The maximum atomic E-state index is 12.3. The highest BCUT2D eigenvalue weighted by atomic mass is 32.2. The van der Waals surface area contributed by atoms with Crippen LogP contribution in [0.15, 0.2) is 46.3 Å². The normalized spacial score (nSPS) is 14.9. The highest BCUT2D eigenvalue weighted by Gasteiger charge is 2.25. The van der Waals surface area contributed by atoms with Gasteiger partial charge in [-0.2, -0.15) is 0 Å².